The zero-order valence-electron chi connectivity index (χ0n) is 16.1. The van der Waals surface area contributed by atoms with Crippen molar-refractivity contribution in [2.45, 2.75) is 91.9 Å². The molecule has 0 saturated carbocycles. The Labute approximate surface area is 146 Å². The van der Waals surface area contributed by atoms with Gasteiger partial charge in [-0.05, 0) is 32.2 Å². The van der Waals surface area contributed by atoms with Gasteiger partial charge in [0, 0.05) is 19.8 Å². The lowest BCUT2D eigenvalue weighted by atomic mass is 10.2. The Morgan fingerprint density at radius 3 is 1.39 bits per heavy atom. The minimum Gasteiger partial charge on any atom is -0.361 e. The van der Waals surface area contributed by atoms with Crippen LogP contribution in [-0.4, -0.2) is 35.3 Å². The second-order valence-electron chi connectivity index (χ2n) is 6.15. The molecule has 0 aromatic carbocycles. The minimum absolute atomic E-state index is 0.725. The summed E-state index contributed by atoms with van der Waals surface area (Å²) >= 11 is 0. The summed E-state index contributed by atoms with van der Waals surface area (Å²) in [6.45, 7) is 11.9. The van der Waals surface area contributed by atoms with Crippen molar-refractivity contribution >= 4 is 8.97 Å². The number of hydrogen-bond acceptors (Lipinski definition) is 4. The molecule has 0 aromatic heterocycles. The van der Waals surface area contributed by atoms with Crippen LogP contribution in [-0.2, 0) is 13.3 Å². The van der Waals surface area contributed by atoms with Crippen molar-refractivity contribution in [1.82, 2.24) is 4.98 Å². The van der Waals surface area contributed by atoms with Gasteiger partial charge in [-0.15, -0.1) is 0 Å². The summed E-state index contributed by atoms with van der Waals surface area (Å²) in [6.07, 6.45) is 11.5. The molecule has 0 aromatic rings. The van der Waals surface area contributed by atoms with Crippen molar-refractivity contribution < 1.29 is 13.3 Å². The van der Waals surface area contributed by atoms with E-state index < -0.39 is 8.97 Å². The largest absolute Gasteiger partial charge is 0.596 e. The number of hydrogen-bond donors (Lipinski definition) is 1. The summed E-state index contributed by atoms with van der Waals surface area (Å²) in [5.74, 6) is 0. The van der Waals surface area contributed by atoms with Gasteiger partial charge in [-0.2, -0.15) is 0 Å². The van der Waals surface area contributed by atoms with Crippen LogP contribution in [0.5, 0.6) is 0 Å². The van der Waals surface area contributed by atoms with Crippen LogP contribution < -0.4 is 4.98 Å². The van der Waals surface area contributed by atoms with Crippen molar-refractivity contribution in [2.24, 2.45) is 0 Å². The normalized spacial score (nSPS) is 12.0. The van der Waals surface area contributed by atoms with Crippen LogP contribution in [0.25, 0.3) is 0 Å². The molecule has 0 rings (SSSR count). The Balaban J connectivity index is 4.52. The van der Waals surface area contributed by atoms with E-state index in [0.717, 1.165) is 71.3 Å². The van der Waals surface area contributed by atoms with E-state index in [1.165, 1.54) is 19.3 Å². The van der Waals surface area contributed by atoms with Gasteiger partial charge in [-0.25, -0.2) is 0 Å². The Kier molecular flexibility index (Phi) is 16.9. The molecule has 0 spiro atoms. The summed E-state index contributed by atoms with van der Waals surface area (Å²) in [6, 6.07) is 0. The van der Waals surface area contributed by atoms with Gasteiger partial charge < -0.3 is 13.3 Å². The molecule has 0 unspecified atom stereocenters. The molecular formula is C18H41NO3Si. The first-order chi connectivity index (χ1) is 11.2. The Hall–Kier alpha value is 0.0569. The van der Waals surface area contributed by atoms with Crippen LogP contribution in [0.4, 0.5) is 0 Å². The lowest BCUT2D eigenvalue weighted by Crippen LogP contribution is -2.59. The monoisotopic (exact) mass is 347 g/mol. The zero-order valence-corrected chi connectivity index (χ0v) is 17.1. The molecule has 0 amide bonds. The topological polar surface area (TPSA) is 39.7 Å². The molecule has 0 atom stereocenters. The molecule has 23 heavy (non-hydrogen) atoms. The third-order valence-electron chi connectivity index (χ3n) is 3.74. The predicted molar refractivity (Wildman–Crippen MR) is 100 cm³/mol. The molecule has 0 radical (unpaired) electrons. The van der Waals surface area contributed by atoms with Crippen molar-refractivity contribution in [1.29, 1.82) is 0 Å². The highest BCUT2D eigenvalue weighted by Crippen LogP contribution is 2.11. The van der Waals surface area contributed by atoms with E-state index in [0.29, 0.717) is 0 Å². The first kappa shape index (κ1) is 23.1. The number of unbranched alkanes of at least 4 members (excludes halogenated alkanes) is 6. The molecule has 0 aliphatic carbocycles. The van der Waals surface area contributed by atoms with E-state index in [4.69, 9.17) is 13.3 Å². The fourth-order valence-corrected chi connectivity index (χ4v) is 4.40. The summed E-state index contributed by atoms with van der Waals surface area (Å²) in [7, 11) is -2.72. The van der Waals surface area contributed by atoms with Gasteiger partial charge in [0.2, 0.25) is 0 Å². The van der Waals surface area contributed by atoms with Crippen molar-refractivity contribution in [3.05, 3.63) is 0 Å². The quantitative estimate of drug-likeness (QED) is 0.278. The Morgan fingerprint density at radius 1 is 0.565 bits per heavy atom. The highest BCUT2D eigenvalue weighted by atomic mass is 28.4. The fraction of sp³-hybridized carbons (Fsp3) is 1.00. The van der Waals surface area contributed by atoms with Gasteiger partial charge in [0.05, 0.1) is 0 Å². The second kappa shape index (κ2) is 16.9. The summed E-state index contributed by atoms with van der Waals surface area (Å²) < 4.78 is 18.5. The molecule has 0 bridgehead atoms. The predicted octanol–water partition coefficient (Wildman–Crippen LogP) is 5.04. The average Bonchev–Trinajstić information content (AvgIpc) is 2.55. The van der Waals surface area contributed by atoms with Crippen LogP contribution in [0, 0.1) is 0 Å². The minimum atomic E-state index is -2.72. The van der Waals surface area contributed by atoms with Crippen LogP contribution in [0.1, 0.15) is 91.9 Å². The molecule has 0 fully saturated rings. The smallest absolute Gasteiger partial charge is 0.361 e. The van der Waals surface area contributed by atoms with E-state index in [-0.39, 0.29) is 0 Å². The SMILES string of the molecule is CCCCCCN[Si](OCCCC)(OCCCC)OCCCC. The molecule has 0 heterocycles. The maximum Gasteiger partial charge on any atom is 0.596 e. The van der Waals surface area contributed by atoms with Crippen molar-refractivity contribution in [3.8, 4) is 0 Å². The molecule has 0 saturated heterocycles. The van der Waals surface area contributed by atoms with Gasteiger partial charge in [0.25, 0.3) is 0 Å². The average molecular weight is 348 g/mol. The second-order valence-corrected chi connectivity index (χ2v) is 8.48. The van der Waals surface area contributed by atoms with Crippen molar-refractivity contribution in [2.75, 3.05) is 26.4 Å². The van der Waals surface area contributed by atoms with Crippen LogP contribution in [0.3, 0.4) is 0 Å². The third-order valence-corrected chi connectivity index (χ3v) is 6.18. The summed E-state index contributed by atoms with van der Waals surface area (Å²) in [5.41, 5.74) is 0. The lowest BCUT2D eigenvalue weighted by molar-refractivity contribution is 0.0455. The fourth-order valence-electron chi connectivity index (χ4n) is 2.12. The molecular weight excluding hydrogens is 306 g/mol. The maximum absolute atomic E-state index is 6.15. The first-order valence-electron chi connectivity index (χ1n) is 9.91. The van der Waals surface area contributed by atoms with Gasteiger partial charge in [-0.1, -0.05) is 66.2 Å². The Bertz CT molecular complexity index is 216. The van der Waals surface area contributed by atoms with Crippen molar-refractivity contribution in [3.63, 3.8) is 0 Å². The summed E-state index contributed by atoms with van der Waals surface area (Å²) in [5, 5.41) is 0. The molecule has 1 N–H and O–H groups in total. The summed E-state index contributed by atoms with van der Waals surface area (Å²) in [4.78, 5) is 3.54. The zero-order chi connectivity index (χ0) is 17.2. The van der Waals surface area contributed by atoms with Crippen LogP contribution in [0.15, 0.2) is 0 Å². The number of nitrogens with one attached hydrogen (secondary N) is 1. The van der Waals surface area contributed by atoms with E-state index in [2.05, 4.69) is 32.7 Å². The first-order valence-corrected chi connectivity index (χ1v) is 11.6. The standard InChI is InChI=1S/C18H41NO3Si/c1-5-9-13-14-15-19-23(20-16-10-6-2,21-17-11-7-3)22-18-12-8-4/h19H,5-18H2,1-4H3. The van der Waals surface area contributed by atoms with Gasteiger partial charge in [-0.3, -0.25) is 4.98 Å². The van der Waals surface area contributed by atoms with E-state index in [1.807, 2.05) is 0 Å². The molecule has 140 valence electrons. The van der Waals surface area contributed by atoms with Crippen LogP contribution in [0.2, 0.25) is 0 Å². The van der Waals surface area contributed by atoms with Gasteiger partial charge in [0.1, 0.15) is 0 Å². The third kappa shape index (κ3) is 13.1. The molecule has 4 nitrogen and oxygen atoms in total. The van der Waals surface area contributed by atoms with Gasteiger partial charge in [0.15, 0.2) is 0 Å². The molecule has 5 heteroatoms. The molecule has 0 aliphatic heterocycles. The lowest BCUT2D eigenvalue weighted by Gasteiger charge is -2.30. The van der Waals surface area contributed by atoms with E-state index >= 15 is 0 Å². The van der Waals surface area contributed by atoms with Crippen LogP contribution >= 0.6 is 0 Å². The highest BCUT2D eigenvalue weighted by molar-refractivity contribution is 6.57. The molecule has 0 aliphatic rings. The Morgan fingerprint density at radius 2 is 1.00 bits per heavy atom. The van der Waals surface area contributed by atoms with Gasteiger partial charge >= 0.3 is 8.97 Å². The van der Waals surface area contributed by atoms with E-state index in [9.17, 15) is 0 Å². The maximum atomic E-state index is 6.15. The van der Waals surface area contributed by atoms with E-state index in [1.54, 1.807) is 0 Å². The number of rotatable bonds is 18. The highest BCUT2D eigenvalue weighted by Gasteiger charge is 2.41.